The zero-order valence-corrected chi connectivity index (χ0v) is 11.7. The van der Waals surface area contributed by atoms with E-state index < -0.39 is 0 Å². The van der Waals surface area contributed by atoms with Crippen LogP contribution in [0, 0.1) is 0 Å². The number of benzene rings is 1. The van der Waals surface area contributed by atoms with Crippen LogP contribution in [-0.2, 0) is 13.0 Å². The predicted molar refractivity (Wildman–Crippen MR) is 77.3 cm³/mol. The molecule has 0 spiro atoms. The topological polar surface area (TPSA) is 21.3 Å². The van der Waals surface area contributed by atoms with Crippen LogP contribution < -0.4 is 10.1 Å². The van der Waals surface area contributed by atoms with Gasteiger partial charge in [0.2, 0.25) is 0 Å². The minimum atomic E-state index is 0.488. The average molecular weight is 261 g/mol. The molecule has 1 atom stereocenters. The molecule has 0 saturated heterocycles. The number of ether oxygens (including phenoxy) is 1. The maximum Gasteiger partial charge on any atom is 0.118 e. The molecule has 0 saturated carbocycles. The summed E-state index contributed by atoms with van der Waals surface area (Å²) in [5, 5.41) is 7.88. The Morgan fingerprint density at radius 2 is 1.94 bits per heavy atom. The van der Waals surface area contributed by atoms with Crippen LogP contribution in [0.3, 0.4) is 0 Å². The molecule has 2 rings (SSSR count). The van der Waals surface area contributed by atoms with E-state index in [0.29, 0.717) is 6.04 Å². The zero-order chi connectivity index (χ0) is 12.8. The third-order valence-electron chi connectivity index (χ3n) is 2.94. The fourth-order valence-corrected chi connectivity index (χ4v) is 2.55. The van der Waals surface area contributed by atoms with E-state index in [2.05, 4.69) is 41.2 Å². The smallest absolute Gasteiger partial charge is 0.118 e. The highest BCUT2D eigenvalue weighted by atomic mass is 32.1. The Morgan fingerprint density at radius 3 is 2.56 bits per heavy atom. The van der Waals surface area contributed by atoms with Crippen LogP contribution in [0.15, 0.2) is 41.1 Å². The lowest BCUT2D eigenvalue weighted by molar-refractivity contribution is 0.414. The van der Waals surface area contributed by atoms with E-state index in [1.165, 1.54) is 11.1 Å². The van der Waals surface area contributed by atoms with Crippen molar-refractivity contribution in [3.05, 3.63) is 52.2 Å². The molecule has 1 aromatic carbocycles. The Labute approximate surface area is 113 Å². The maximum absolute atomic E-state index is 5.15. The van der Waals surface area contributed by atoms with Crippen molar-refractivity contribution in [1.29, 1.82) is 0 Å². The Kier molecular flexibility index (Phi) is 4.79. The molecule has 2 aromatic rings. The van der Waals surface area contributed by atoms with Crippen LogP contribution >= 0.6 is 11.3 Å². The molecule has 1 heterocycles. The van der Waals surface area contributed by atoms with Gasteiger partial charge in [0.25, 0.3) is 0 Å². The lowest BCUT2D eigenvalue weighted by Crippen LogP contribution is -2.27. The van der Waals surface area contributed by atoms with Gasteiger partial charge in [0.15, 0.2) is 0 Å². The molecule has 1 N–H and O–H groups in total. The van der Waals surface area contributed by atoms with E-state index in [1.807, 2.05) is 12.1 Å². The number of hydrogen-bond donors (Lipinski definition) is 1. The molecular weight excluding hydrogens is 242 g/mol. The molecule has 1 unspecified atom stereocenters. The van der Waals surface area contributed by atoms with Gasteiger partial charge < -0.3 is 10.1 Å². The van der Waals surface area contributed by atoms with Crippen molar-refractivity contribution in [1.82, 2.24) is 5.32 Å². The summed E-state index contributed by atoms with van der Waals surface area (Å²) in [7, 11) is 1.69. The van der Waals surface area contributed by atoms with Gasteiger partial charge in [0, 0.05) is 12.6 Å². The summed E-state index contributed by atoms with van der Waals surface area (Å²) < 4.78 is 5.15. The standard InChI is InChI=1S/C15H19NOS/c1-12(9-14-7-8-18-11-14)16-10-13-3-5-15(17-2)6-4-13/h3-8,11-12,16H,9-10H2,1-2H3. The Bertz CT molecular complexity index is 450. The minimum Gasteiger partial charge on any atom is -0.497 e. The van der Waals surface area contributed by atoms with Crippen molar-refractivity contribution in [2.24, 2.45) is 0 Å². The molecule has 0 aliphatic rings. The van der Waals surface area contributed by atoms with Gasteiger partial charge in [0.1, 0.15) is 5.75 Å². The SMILES string of the molecule is COc1ccc(CNC(C)Cc2ccsc2)cc1. The fraction of sp³-hybridized carbons (Fsp3) is 0.333. The highest BCUT2D eigenvalue weighted by Gasteiger charge is 2.03. The number of nitrogens with one attached hydrogen (secondary N) is 1. The Morgan fingerprint density at radius 1 is 1.17 bits per heavy atom. The van der Waals surface area contributed by atoms with Crippen LogP contribution in [0.5, 0.6) is 5.75 Å². The van der Waals surface area contributed by atoms with Gasteiger partial charge in [-0.25, -0.2) is 0 Å². The maximum atomic E-state index is 5.15. The molecule has 0 amide bonds. The second-order valence-corrected chi connectivity index (χ2v) is 5.25. The summed E-state index contributed by atoms with van der Waals surface area (Å²) in [6.45, 7) is 3.12. The highest BCUT2D eigenvalue weighted by Crippen LogP contribution is 2.12. The van der Waals surface area contributed by atoms with E-state index in [-0.39, 0.29) is 0 Å². The molecule has 0 fully saturated rings. The van der Waals surface area contributed by atoms with Crippen molar-refractivity contribution >= 4 is 11.3 Å². The number of rotatable bonds is 6. The quantitative estimate of drug-likeness (QED) is 0.859. The van der Waals surface area contributed by atoms with E-state index in [0.717, 1.165) is 18.7 Å². The largest absolute Gasteiger partial charge is 0.497 e. The van der Waals surface area contributed by atoms with Crippen molar-refractivity contribution < 1.29 is 4.74 Å². The summed E-state index contributed by atoms with van der Waals surface area (Å²) in [5.74, 6) is 0.907. The van der Waals surface area contributed by atoms with E-state index >= 15 is 0 Å². The van der Waals surface area contributed by atoms with Crippen LogP contribution in [0.1, 0.15) is 18.1 Å². The average Bonchev–Trinajstić information content (AvgIpc) is 2.90. The third kappa shape index (κ3) is 3.86. The molecule has 1 aromatic heterocycles. The second kappa shape index (κ2) is 6.57. The number of methoxy groups -OCH3 is 1. The normalized spacial score (nSPS) is 12.3. The molecule has 96 valence electrons. The van der Waals surface area contributed by atoms with Crippen LogP contribution in [-0.4, -0.2) is 13.2 Å². The molecule has 0 aliphatic carbocycles. The minimum absolute atomic E-state index is 0.488. The van der Waals surface area contributed by atoms with Gasteiger partial charge in [-0.3, -0.25) is 0 Å². The first-order valence-corrected chi connectivity index (χ1v) is 7.09. The number of thiophene rings is 1. The van der Waals surface area contributed by atoms with E-state index in [9.17, 15) is 0 Å². The summed E-state index contributed by atoms with van der Waals surface area (Å²) in [4.78, 5) is 0. The van der Waals surface area contributed by atoms with Gasteiger partial charge in [-0.15, -0.1) is 0 Å². The van der Waals surface area contributed by atoms with Crippen LogP contribution in [0.25, 0.3) is 0 Å². The first kappa shape index (κ1) is 13.1. The monoisotopic (exact) mass is 261 g/mol. The lowest BCUT2D eigenvalue weighted by Gasteiger charge is -2.13. The molecule has 0 aliphatic heterocycles. The first-order chi connectivity index (χ1) is 8.78. The molecule has 3 heteroatoms. The Hall–Kier alpha value is -1.32. The van der Waals surface area contributed by atoms with Gasteiger partial charge in [0.05, 0.1) is 7.11 Å². The van der Waals surface area contributed by atoms with E-state index in [4.69, 9.17) is 4.74 Å². The van der Waals surface area contributed by atoms with Crippen molar-refractivity contribution in [2.45, 2.75) is 25.9 Å². The molecular formula is C15H19NOS. The van der Waals surface area contributed by atoms with Gasteiger partial charge >= 0.3 is 0 Å². The summed E-state index contributed by atoms with van der Waals surface area (Å²) >= 11 is 1.76. The van der Waals surface area contributed by atoms with Crippen molar-refractivity contribution in [3.8, 4) is 5.75 Å². The first-order valence-electron chi connectivity index (χ1n) is 6.15. The van der Waals surface area contributed by atoms with Crippen LogP contribution in [0.2, 0.25) is 0 Å². The number of hydrogen-bond acceptors (Lipinski definition) is 3. The van der Waals surface area contributed by atoms with Gasteiger partial charge in [-0.1, -0.05) is 12.1 Å². The lowest BCUT2D eigenvalue weighted by atomic mass is 10.1. The van der Waals surface area contributed by atoms with Crippen molar-refractivity contribution in [3.63, 3.8) is 0 Å². The van der Waals surface area contributed by atoms with Gasteiger partial charge in [-0.2, -0.15) is 11.3 Å². The molecule has 0 radical (unpaired) electrons. The second-order valence-electron chi connectivity index (χ2n) is 4.47. The zero-order valence-electron chi connectivity index (χ0n) is 10.8. The molecule has 18 heavy (non-hydrogen) atoms. The predicted octanol–water partition coefficient (Wildman–Crippen LogP) is 3.48. The third-order valence-corrected chi connectivity index (χ3v) is 3.67. The summed E-state index contributed by atoms with van der Waals surface area (Å²) in [6.07, 6.45) is 1.08. The van der Waals surface area contributed by atoms with Gasteiger partial charge in [-0.05, 0) is 53.4 Å². The molecule has 0 bridgehead atoms. The summed E-state index contributed by atoms with van der Waals surface area (Å²) in [5.41, 5.74) is 2.70. The fourth-order valence-electron chi connectivity index (χ4n) is 1.87. The highest BCUT2D eigenvalue weighted by molar-refractivity contribution is 7.07. The Balaban J connectivity index is 1.79. The van der Waals surface area contributed by atoms with E-state index in [1.54, 1.807) is 18.4 Å². The van der Waals surface area contributed by atoms with Crippen molar-refractivity contribution in [2.75, 3.05) is 7.11 Å². The summed E-state index contributed by atoms with van der Waals surface area (Å²) in [6, 6.07) is 10.9. The van der Waals surface area contributed by atoms with Crippen LogP contribution in [0.4, 0.5) is 0 Å². The molecule has 2 nitrogen and oxygen atoms in total.